The van der Waals surface area contributed by atoms with Crippen molar-refractivity contribution in [2.75, 3.05) is 6.61 Å². The molecule has 7 heteroatoms. The molecule has 0 aliphatic carbocycles. The van der Waals surface area contributed by atoms with Crippen LogP contribution < -0.4 is 0 Å². The first-order valence-electron chi connectivity index (χ1n) is 8.89. The van der Waals surface area contributed by atoms with Gasteiger partial charge in [0.05, 0.1) is 6.61 Å². The molecule has 4 atom stereocenters. The highest BCUT2D eigenvalue weighted by Crippen LogP contribution is 2.48. The number of nitrogens with zero attached hydrogens (tertiary/aromatic N) is 1. The van der Waals surface area contributed by atoms with Crippen LogP contribution in [0, 0.1) is 5.21 Å². The minimum Gasteiger partial charge on any atom is -0.624 e. The normalized spacial score (nSPS) is 38.0. The maximum Gasteiger partial charge on any atom is 0.281 e. The summed E-state index contributed by atoms with van der Waals surface area (Å²) in [6.45, 7) is 7.85. The Balaban J connectivity index is 1.62. The highest BCUT2D eigenvalue weighted by atomic mass is 16.9. The van der Waals surface area contributed by atoms with Gasteiger partial charge in [0.2, 0.25) is 6.21 Å². The van der Waals surface area contributed by atoms with Gasteiger partial charge in [0.25, 0.3) is 5.79 Å². The first-order chi connectivity index (χ1) is 12.2. The lowest BCUT2D eigenvalue weighted by molar-refractivity contribution is -0.478. The Morgan fingerprint density at radius 3 is 2.54 bits per heavy atom. The van der Waals surface area contributed by atoms with Crippen molar-refractivity contribution in [3.8, 4) is 0 Å². The molecule has 0 amide bonds. The van der Waals surface area contributed by atoms with Crippen LogP contribution in [-0.2, 0) is 30.2 Å². The van der Waals surface area contributed by atoms with Crippen LogP contribution in [0.25, 0.3) is 0 Å². The van der Waals surface area contributed by atoms with Crippen LogP contribution in [0.3, 0.4) is 0 Å². The van der Waals surface area contributed by atoms with Crippen molar-refractivity contribution in [2.24, 2.45) is 0 Å². The van der Waals surface area contributed by atoms with Crippen LogP contribution in [0.1, 0.15) is 33.3 Å². The van der Waals surface area contributed by atoms with E-state index in [1.165, 1.54) is 6.21 Å². The summed E-state index contributed by atoms with van der Waals surface area (Å²) in [7, 11) is 0. The fraction of sp³-hybridized carbons (Fsp3) is 0.632. The maximum atomic E-state index is 12.6. The molecular formula is C19H25NO6. The molecule has 3 heterocycles. The van der Waals surface area contributed by atoms with Gasteiger partial charge in [-0.05, 0) is 27.7 Å². The van der Waals surface area contributed by atoms with Gasteiger partial charge >= 0.3 is 0 Å². The molecule has 1 aromatic rings. The minimum atomic E-state index is -1.29. The van der Waals surface area contributed by atoms with E-state index in [4.69, 9.17) is 23.7 Å². The first kappa shape index (κ1) is 17.9. The standard InChI is InChI=1S/C19H25NO6/c1-17(2)22-11-14-15(24-17)16-19(23-14,26-18(3,4)25-16)12-20(21)10-13-8-6-5-7-9-13/h5-9,12,14-16H,10-11H2,1-4H3/b20-12-/t14-,15+,16-,19-/m0/s1. The summed E-state index contributed by atoms with van der Waals surface area (Å²) < 4.78 is 30.8. The van der Waals surface area contributed by atoms with Crippen LogP contribution in [-0.4, -0.2) is 53.2 Å². The Kier molecular flexibility index (Phi) is 4.13. The molecule has 0 radical (unpaired) electrons. The average molecular weight is 363 g/mol. The van der Waals surface area contributed by atoms with Gasteiger partial charge in [-0.25, -0.2) is 4.74 Å². The molecule has 0 saturated carbocycles. The van der Waals surface area contributed by atoms with E-state index in [1.54, 1.807) is 13.8 Å². The highest BCUT2D eigenvalue weighted by molar-refractivity contribution is 5.65. The van der Waals surface area contributed by atoms with Crippen molar-refractivity contribution in [3.05, 3.63) is 41.1 Å². The van der Waals surface area contributed by atoms with Gasteiger partial charge in [0, 0.05) is 5.56 Å². The molecular weight excluding hydrogens is 338 g/mol. The van der Waals surface area contributed by atoms with E-state index < -0.39 is 23.5 Å². The molecule has 3 fully saturated rings. The second-order valence-electron chi connectivity index (χ2n) is 7.90. The molecule has 3 aliphatic rings. The predicted octanol–water partition coefficient (Wildman–Crippen LogP) is 2.17. The Labute approximate surface area is 153 Å². The summed E-state index contributed by atoms with van der Waals surface area (Å²) >= 11 is 0. The molecule has 0 spiro atoms. The topological polar surface area (TPSA) is 72.2 Å². The van der Waals surface area contributed by atoms with Crippen molar-refractivity contribution in [1.82, 2.24) is 0 Å². The molecule has 3 aliphatic heterocycles. The summed E-state index contributed by atoms with van der Waals surface area (Å²) in [4.78, 5) is 0. The number of benzene rings is 1. The summed E-state index contributed by atoms with van der Waals surface area (Å²) in [6, 6.07) is 9.52. The van der Waals surface area contributed by atoms with Crippen molar-refractivity contribution < 1.29 is 28.4 Å². The number of hydroxylamine groups is 1. The second kappa shape index (κ2) is 6.00. The lowest BCUT2D eigenvalue weighted by Crippen LogP contribution is -2.51. The van der Waals surface area contributed by atoms with Gasteiger partial charge < -0.3 is 28.9 Å². The van der Waals surface area contributed by atoms with E-state index in [-0.39, 0.29) is 18.8 Å². The number of hydrogen-bond donors (Lipinski definition) is 0. The Morgan fingerprint density at radius 2 is 1.81 bits per heavy atom. The van der Waals surface area contributed by atoms with Gasteiger partial charge in [-0.3, -0.25) is 0 Å². The monoisotopic (exact) mass is 363 g/mol. The average Bonchev–Trinajstić information content (AvgIpc) is 2.94. The smallest absolute Gasteiger partial charge is 0.281 e. The van der Waals surface area contributed by atoms with E-state index in [0.29, 0.717) is 6.61 Å². The number of ether oxygens (including phenoxy) is 5. The summed E-state index contributed by atoms with van der Waals surface area (Å²) in [6.07, 6.45) is 0.152. The zero-order chi connectivity index (χ0) is 18.6. The summed E-state index contributed by atoms with van der Waals surface area (Å²) in [5.74, 6) is -2.91. The number of rotatable bonds is 3. The van der Waals surface area contributed by atoms with Crippen LogP contribution in [0.4, 0.5) is 0 Å². The van der Waals surface area contributed by atoms with Crippen molar-refractivity contribution in [2.45, 2.75) is 69.9 Å². The van der Waals surface area contributed by atoms with Gasteiger partial charge in [-0.2, -0.15) is 0 Å². The SMILES string of the molecule is CC1(C)OC[C@@H]2O[C@@]3(/C=[N+](\[O-])Cc4ccccc4)OC(C)(C)O[C@H]3[C@@H]2O1. The van der Waals surface area contributed by atoms with E-state index in [0.717, 1.165) is 10.3 Å². The Hall–Kier alpha value is -1.51. The van der Waals surface area contributed by atoms with Crippen molar-refractivity contribution in [3.63, 3.8) is 0 Å². The molecule has 0 bridgehead atoms. The van der Waals surface area contributed by atoms with Crippen molar-refractivity contribution >= 4 is 6.21 Å². The third-order valence-electron chi connectivity index (χ3n) is 4.73. The second-order valence-corrected chi connectivity index (χ2v) is 7.90. The Bertz CT molecular complexity index is 703. The van der Waals surface area contributed by atoms with Crippen LogP contribution >= 0.6 is 0 Å². The van der Waals surface area contributed by atoms with Crippen LogP contribution in [0.5, 0.6) is 0 Å². The van der Waals surface area contributed by atoms with Gasteiger partial charge in [-0.1, -0.05) is 30.3 Å². The molecule has 26 heavy (non-hydrogen) atoms. The van der Waals surface area contributed by atoms with Gasteiger partial charge in [0.1, 0.15) is 12.2 Å². The zero-order valence-corrected chi connectivity index (χ0v) is 15.5. The third-order valence-corrected chi connectivity index (χ3v) is 4.73. The fourth-order valence-corrected chi connectivity index (χ4v) is 3.79. The summed E-state index contributed by atoms with van der Waals surface area (Å²) in [5, 5.41) is 12.6. The fourth-order valence-electron chi connectivity index (χ4n) is 3.79. The largest absolute Gasteiger partial charge is 0.624 e. The van der Waals surface area contributed by atoms with Crippen molar-refractivity contribution in [1.29, 1.82) is 0 Å². The third kappa shape index (κ3) is 3.25. The van der Waals surface area contributed by atoms with E-state index in [2.05, 4.69) is 0 Å². The molecule has 7 nitrogen and oxygen atoms in total. The lowest BCUT2D eigenvalue weighted by atomic mass is 10.0. The number of fused-ring (bicyclic) bond motifs is 3. The van der Waals surface area contributed by atoms with Crippen LogP contribution in [0.2, 0.25) is 0 Å². The maximum absolute atomic E-state index is 12.6. The predicted molar refractivity (Wildman–Crippen MR) is 92.4 cm³/mol. The molecule has 1 aromatic carbocycles. The molecule has 3 saturated heterocycles. The molecule has 4 rings (SSSR count). The lowest BCUT2D eigenvalue weighted by Gasteiger charge is -2.38. The Morgan fingerprint density at radius 1 is 1.08 bits per heavy atom. The molecule has 142 valence electrons. The van der Waals surface area contributed by atoms with E-state index >= 15 is 0 Å². The zero-order valence-electron chi connectivity index (χ0n) is 15.5. The summed E-state index contributed by atoms with van der Waals surface area (Å²) in [5.41, 5.74) is 0.904. The van der Waals surface area contributed by atoms with E-state index in [1.807, 2.05) is 44.2 Å². The van der Waals surface area contributed by atoms with Gasteiger partial charge in [0.15, 0.2) is 24.2 Å². The minimum absolute atomic E-state index is 0.195. The van der Waals surface area contributed by atoms with Gasteiger partial charge in [-0.15, -0.1) is 0 Å². The number of hydrogen-bond acceptors (Lipinski definition) is 6. The molecule has 0 aromatic heterocycles. The van der Waals surface area contributed by atoms with E-state index in [9.17, 15) is 5.21 Å². The quantitative estimate of drug-likeness (QED) is 0.355. The molecule has 0 N–H and O–H groups in total. The highest BCUT2D eigenvalue weighted by Gasteiger charge is 2.68. The first-order valence-corrected chi connectivity index (χ1v) is 8.89. The van der Waals surface area contributed by atoms with Crippen LogP contribution in [0.15, 0.2) is 30.3 Å². The molecule has 0 unspecified atom stereocenters.